The van der Waals surface area contributed by atoms with Crippen molar-refractivity contribution in [3.05, 3.63) is 60.2 Å². The summed E-state index contributed by atoms with van der Waals surface area (Å²) in [7, 11) is -2.19. The van der Waals surface area contributed by atoms with Gasteiger partial charge in [0.1, 0.15) is 11.9 Å². The van der Waals surface area contributed by atoms with Crippen molar-refractivity contribution in [3.8, 4) is 5.75 Å². The SMILES string of the molecule is COc1ccc([C@H]2N(C(=O)CN3CCCCC3)CCCN2S(=O)(=O)c2ccccc2)cc1. The minimum absolute atomic E-state index is 0.0271. The lowest BCUT2D eigenvalue weighted by atomic mass is 10.1. The van der Waals surface area contributed by atoms with E-state index < -0.39 is 16.2 Å². The van der Waals surface area contributed by atoms with Crippen LogP contribution in [0.1, 0.15) is 37.4 Å². The van der Waals surface area contributed by atoms with Gasteiger partial charge in [0, 0.05) is 13.1 Å². The van der Waals surface area contributed by atoms with Gasteiger partial charge in [0.2, 0.25) is 15.9 Å². The van der Waals surface area contributed by atoms with E-state index in [4.69, 9.17) is 4.74 Å². The average Bonchev–Trinajstić information content (AvgIpc) is 2.85. The third-order valence-corrected chi connectivity index (χ3v) is 8.10. The van der Waals surface area contributed by atoms with Crippen molar-refractivity contribution >= 4 is 15.9 Å². The summed E-state index contributed by atoms with van der Waals surface area (Å²) in [6, 6.07) is 15.8. The lowest BCUT2D eigenvalue weighted by molar-refractivity contribution is -0.139. The van der Waals surface area contributed by atoms with Gasteiger partial charge in [-0.05, 0) is 62.2 Å². The Kier molecular flexibility index (Phi) is 7.13. The first-order valence-corrected chi connectivity index (χ1v) is 12.7. The van der Waals surface area contributed by atoms with E-state index in [2.05, 4.69) is 4.90 Å². The first-order valence-electron chi connectivity index (χ1n) is 11.2. The third kappa shape index (κ3) is 4.82. The Labute approximate surface area is 190 Å². The maximum Gasteiger partial charge on any atom is 0.245 e. The molecular weight excluding hydrogens is 426 g/mol. The summed E-state index contributed by atoms with van der Waals surface area (Å²) in [5.74, 6) is 0.661. The topological polar surface area (TPSA) is 70.2 Å². The molecule has 1 amide bonds. The number of carbonyl (C=O) groups is 1. The average molecular weight is 458 g/mol. The van der Waals surface area contributed by atoms with Crippen molar-refractivity contribution in [1.29, 1.82) is 0 Å². The number of benzene rings is 2. The Morgan fingerprint density at radius 3 is 2.25 bits per heavy atom. The summed E-state index contributed by atoms with van der Waals surface area (Å²) in [6.45, 7) is 3.05. The van der Waals surface area contributed by atoms with Gasteiger partial charge < -0.3 is 9.64 Å². The number of sulfonamides is 1. The van der Waals surface area contributed by atoms with Gasteiger partial charge in [-0.1, -0.05) is 36.8 Å². The zero-order chi connectivity index (χ0) is 22.6. The van der Waals surface area contributed by atoms with Crippen LogP contribution in [0.15, 0.2) is 59.5 Å². The lowest BCUT2D eigenvalue weighted by Gasteiger charge is -2.44. The number of rotatable bonds is 6. The van der Waals surface area contributed by atoms with Crippen LogP contribution >= 0.6 is 0 Å². The Bertz CT molecular complexity index is 1010. The molecule has 0 spiro atoms. The second-order valence-electron chi connectivity index (χ2n) is 8.35. The number of likely N-dealkylation sites (tertiary alicyclic amines) is 1. The van der Waals surface area contributed by atoms with E-state index in [1.54, 1.807) is 42.3 Å². The van der Waals surface area contributed by atoms with E-state index in [1.165, 1.54) is 10.7 Å². The quantitative estimate of drug-likeness (QED) is 0.667. The largest absolute Gasteiger partial charge is 0.497 e. The second-order valence-corrected chi connectivity index (χ2v) is 10.2. The van der Waals surface area contributed by atoms with Crippen LogP contribution in [0, 0.1) is 0 Å². The Morgan fingerprint density at radius 1 is 0.906 bits per heavy atom. The van der Waals surface area contributed by atoms with E-state index in [0.29, 0.717) is 31.8 Å². The van der Waals surface area contributed by atoms with Gasteiger partial charge >= 0.3 is 0 Å². The summed E-state index contributed by atoms with van der Waals surface area (Å²) in [6.07, 6.45) is 3.32. The Morgan fingerprint density at radius 2 is 1.59 bits per heavy atom. The molecular formula is C24H31N3O4S. The minimum Gasteiger partial charge on any atom is -0.497 e. The molecule has 0 saturated carbocycles. The molecule has 7 nitrogen and oxygen atoms in total. The van der Waals surface area contributed by atoms with Crippen molar-refractivity contribution < 1.29 is 17.9 Å². The molecule has 2 aromatic carbocycles. The van der Waals surface area contributed by atoms with E-state index in [-0.39, 0.29) is 10.8 Å². The molecule has 1 atom stereocenters. The van der Waals surface area contributed by atoms with Gasteiger partial charge in [0.15, 0.2) is 0 Å². The minimum atomic E-state index is -3.78. The van der Waals surface area contributed by atoms with Gasteiger partial charge in [-0.15, -0.1) is 0 Å². The van der Waals surface area contributed by atoms with Crippen molar-refractivity contribution in [1.82, 2.24) is 14.1 Å². The number of nitrogens with zero attached hydrogens (tertiary/aromatic N) is 3. The van der Waals surface area contributed by atoms with Gasteiger partial charge in [0.05, 0.1) is 18.6 Å². The number of ether oxygens (including phenoxy) is 1. The van der Waals surface area contributed by atoms with Crippen LogP contribution in [0.3, 0.4) is 0 Å². The molecule has 0 radical (unpaired) electrons. The van der Waals surface area contributed by atoms with Gasteiger partial charge in [0.25, 0.3) is 0 Å². The highest BCUT2D eigenvalue weighted by atomic mass is 32.2. The predicted molar refractivity (Wildman–Crippen MR) is 123 cm³/mol. The van der Waals surface area contributed by atoms with Gasteiger partial charge in [-0.25, -0.2) is 8.42 Å². The maximum atomic E-state index is 13.6. The molecule has 8 heteroatoms. The number of piperidine rings is 1. The first-order chi connectivity index (χ1) is 15.5. The van der Waals surface area contributed by atoms with Gasteiger partial charge in [-0.3, -0.25) is 9.69 Å². The summed E-state index contributed by atoms with van der Waals surface area (Å²) in [5, 5.41) is 0. The second kappa shape index (κ2) is 10.0. The third-order valence-electron chi connectivity index (χ3n) is 6.24. The zero-order valence-corrected chi connectivity index (χ0v) is 19.3. The van der Waals surface area contributed by atoms with Crippen LogP contribution in [0.5, 0.6) is 5.75 Å². The fourth-order valence-electron chi connectivity index (χ4n) is 4.56. The maximum absolute atomic E-state index is 13.6. The molecule has 0 aliphatic carbocycles. The number of hydrogen-bond donors (Lipinski definition) is 0. The van der Waals surface area contributed by atoms with E-state index in [9.17, 15) is 13.2 Å². The normalized spacial score (nSPS) is 20.8. The Hall–Kier alpha value is -2.42. The molecule has 0 N–H and O–H groups in total. The molecule has 0 unspecified atom stereocenters. The van der Waals surface area contributed by atoms with Gasteiger partial charge in [-0.2, -0.15) is 4.31 Å². The molecule has 2 heterocycles. The molecule has 2 fully saturated rings. The number of hydrogen-bond acceptors (Lipinski definition) is 5. The predicted octanol–water partition coefficient (Wildman–Crippen LogP) is 3.10. The summed E-state index contributed by atoms with van der Waals surface area (Å²) in [5.41, 5.74) is 0.761. The van der Waals surface area contributed by atoms with Crippen molar-refractivity contribution in [2.24, 2.45) is 0 Å². The van der Waals surface area contributed by atoms with Crippen LogP contribution in [0.25, 0.3) is 0 Å². The van der Waals surface area contributed by atoms with Crippen molar-refractivity contribution in [2.45, 2.75) is 36.7 Å². The molecule has 2 saturated heterocycles. The zero-order valence-electron chi connectivity index (χ0n) is 18.5. The van der Waals surface area contributed by atoms with Crippen molar-refractivity contribution in [3.63, 3.8) is 0 Å². The van der Waals surface area contributed by atoms with E-state index >= 15 is 0 Å². The number of carbonyl (C=O) groups excluding carboxylic acids is 1. The summed E-state index contributed by atoms with van der Waals surface area (Å²) < 4.78 is 34.0. The molecule has 172 valence electrons. The highest BCUT2D eigenvalue weighted by Crippen LogP contribution is 2.35. The van der Waals surface area contributed by atoms with E-state index in [1.807, 2.05) is 24.3 Å². The molecule has 32 heavy (non-hydrogen) atoms. The summed E-state index contributed by atoms with van der Waals surface area (Å²) in [4.78, 5) is 17.6. The highest BCUT2D eigenvalue weighted by molar-refractivity contribution is 7.89. The van der Waals surface area contributed by atoms with Crippen LogP contribution in [-0.4, -0.2) is 68.3 Å². The Balaban J connectivity index is 1.69. The highest BCUT2D eigenvalue weighted by Gasteiger charge is 2.41. The smallest absolute Gasteiger partial charge is 0.245 e. The van der Waals surface area contributed by atoms with Crippen molar-refractivity contribution in [2.75, 3.05) is 39.8 Å². The van der Waals surface area contributed by atoms with Crippen LogP contribution in [0.2, 0.25) is 0 Å². The molecule has 4 rings (SSSR count). The van der Waals surface area contributed by atoms with Crippen LogP contribution < -0.4 is 4.74 Å². The standard InChI is InChI=1S/C24H31N3O4S/c1-31-21-13-11-20(12-14-21)24-26(23(28)19-25-15-6-3-7-16-25)17-8-18-27(24)32(29,30)22-9-4-2-5-10-22/h2,4-5,9-14,24H,3,6-8,15-19H2,1H3/t24-/m0/s1. The molecule has 2 aliphatic rings. The fraction of sp³-hybridized carbons (Fsp3) is 0.458. The number of methoxy groups -OCH3 is 1. The molecule has 0 bridgehead atoms. The van der Waals surface area contributed by atoms with Crippen LogP contribution in [-0.2, 0) is 14.8 Å². The first kappa shape index (κ1) is 22.8. The lowest BCUT2D eigenvalue weighted by Crippen LogP contribution is -2.54. The molecule has 0 aromatic heterocycles. The molecule has 2 aromatic rings. The monoisotopic (exact) mass is 457 g/mol. The fourth-order valence-corrected chi connectivity index (χ4v) is 6.20. The van der Waals surface area contributed by atoms with E-state index in [0.717, 1.165) is 31.5 Å². The molecule has 2 aliphatic heterocycles. The van der Waals surface area contributed by atoms with Crippen LogP contribution in [0.4, 0.5) is 0 Å². The number of amides is 1. The summed E-state index contributed by atoms with van der Waals surface area (Å²) >= 11 is 0.